The molecule has 2 aromatic heterocycles. The van der Waals surface area contributed by atoms with Crippen LogP contribution in [0.4, 0.5) is 17.3 Å². The summed E-state index contributed by atoms with van der Waals surface area (Å²) in [7, 11) is 0. The second-order valence-corrected chi connectivity index (χ2v) is 8.57. The molecule has 170 valence electrons. The van der Waals surface area contributed by atoms with Crippen LogP contribution in [0.3, 0.4) is 0 Å². The molecule has 3 aromatic carbocycles. The van der Waals surface area contributed by atoms with E-state index in [2.05, 4.69) is 100 Å². The summed E-state index contributed by atoms with van der Waals surface area (Å²) in [4.78, 5) is 4.15. The Kier molecular flexibility index (Phi) is 5.89. The molecule has 6 nitrogen and oxygen atoms in total. The van der Waals surface area contributed by atoms with Gasteiger partial charge >= 0.3 is 0 Å². The van der Waals surface area contributed by atoms with Crippen LogP contribution in [0, 0.1) is 0 Å². The molecule has 5 rings (SSSR count). The highest BCUT2D eigenvalue weighted by molar-refractivity contribution is 5.84. The van der Waals surface area contributed by atoms with E-state index < -0.39 is 0 Å². The summed E-state index contributed by atoms with van der Waals surface area (Å²) in [5, 5.41) is 1.19. The van der Waals surface area contributed by atoms with Crippen LogP contribution in [0.2, 0.25) is 0 Å². The van der Waals surface area contributed by atoms with E-state index in [1.165, 1.54) is 33.2 Å². The van der Waals surface area contributed by atoms with Crippen molar-refractivity contribution in [3.63, 3.8) is 0 Å². The van der Waals surface area contributed by atoms with E-state index >= 15 is 0 Å². The van der Waals surface area contributed by atoms with Gasteiger partial charge in [-0.05, 0) is 52.4 Å². The summed E-state index contributed by atoms with van der Waals surface area (Å²) in [6.45, 7) is 0.807. The molecule has 34 heavy (non-hydrogen) atoms. The van der Waals surface area contributed by atoms with Gasteiger partial charge in [0, 0.05) is 30.1 Å². The van der Waals surface area contributed by atoms with E-state index in [1.54, 1.807) is 0 Å². The van der Waals surface area contributed by atoms with Crippen molar-refractivity contribution in [3.05, 3.63) is 119 Å². The van der Waals surface area contributed by atoms with Crippen LogP contribution in [0.5, 0.6) is 0 Å². The number of hydrazine groups is 1. The van der Waals surface area contributed by atoms with Gasteiger partial charge < -0.3 is 21.5 Å². The number of fused-ring (bicyclic) bond motifs is 1. The number of pyridine rings is 1. The minimum atomic E-state index is 0.386. The van der Waals surface area contributed by atoms with E-state index in [0.717, 1.165) is 18.5 Å². The summed E-state index contributed by atoms with van der Waals surface area (Å²) >= 11 is 0. The predicted octanol–water partition coefficient (Wildman–Crippen LogP) is 4.72. The van der Waals surface area contributed by atoms with Gasteiger partial charge in [0.15, 0.2) is 5.82 Å². The number of hydrogen-bond acceptors (Lipinski definition) is 5. The Morgan fingerprint density at radius 1 is 0.735 bits per heavy atom. The van der Waals surface area contributed by atoms with Gasteiger partial charge in [-0.25, -0.2) is 10.8 Å². The molecule has 0 saturated heterocycles. The normalized spacial score (nSPS) is 11.1. The molecule has 0 fully saturated rings. The van der Waals surface area contributed by atoms with Crippen LogP contribution in [0.25, 0.3) is 10.9 Å². The van der Waals surface area contributed by atoms with Crippen molar-refractivity contribution in [1.82, 2.24) is 9.55 Å². The van der Waals surface area contributed by atoms with Crippen molar-refractivity contribution < 1.29 is 0 Å². The third kappa shape index (κ3) is 4.44. The average molecular weight is 449 g/mol. The van der Waals surface area contributed by atoms with Crippen molar-refractivity contribution in [2.24, 2.45) is 5.84 Å². The lowest BCUT2D eigenvalue weighted by Gasteiger charge is -2.12. The summed E-state index contributed by atoms with van der Waals surface area (Å²) in [6.07, 6.45) is 3.72. The van der Waals surface area contributed by atoms with Gasteiger partial charge in [-0.15, -0.1) is 0 Å². The molecule has 0 spiro atoms. The summed E-state index contributed by atoms with van der Waals surface area (Å²) in [6, 6.07) is 29.7. The van der Waals surface area contributed by atoms with E-state index in [1.807, 2.05) is 6.07 Å². The Labute approximate surface area is 199 Å². The molecule has 7 N–H and O–H groups in total. The molecule has 0 atom stereocenters. The lowest BCUT2D eigenvalue weighted by Crippen LogP contribution is -2.13. The van der Waals surface area contributed by atoms with Gasteiger partial charge in [0.05, 0.1) is 5.69 Å². The first-order valence-electron chi connectivity index (χ1n) is 11.3. The highest BCUT2D eigenvalue weighted by Gasteiger charge is 2.12. The Balaban J connectivity index is 1.41. The fourth-order valence-corrected chi connectivity index (χ4v) is 4.54. The predicted molar refractivity (Wildman–Crippen MR) is 140 cm³/mol. The fourth-order valence-electron chi connectivity index (χ4n) is 4.54. The largest absolute Gasteiger partial charge is 0.395 e. The molecular weight excluding hydrogens is 420 g/mol. The Bertz CT molecular complexity index is 1440. The first-order chi connectivity index (χ1) is 16.6. The molecule has 0 radical (unpaired) electrons. The second kappa shape index (κ2) is 9.29. The Hall–Kier alpha value is -4.29. The topological polar surface area (TPSA) is 108 Å². The third-order valence-electron chi connectivity index (χ3n) is 6.18. The smallest absolute Gasteiger partial charge is 0.165 e. The number of rotatable bonds is 7. The second-order valence-electron chi connectivity index (χ2n) is 8.57. The van der Waals surface area contributed by atoms with E-state index in [4.69, 9.17) is 17.3 Å². The molecular formula is C28H28N6. The van der Waals surface area contributed by atoms with Crippen LogP contribution in [0.1, 0.15) is 27.8 Å². The van der Waals surface area contributed by atoms with Crippen molar-refractivity contribution in [2.75, 3.05) is 16.9 Å². The number of aromatic nitrogens is 2. The number of nitrogens with zero attached hydrogens (tertiary/aromatic N) is 2. The molecule has 0 aliphatic rings. The van der Waals surface area contributed by atoms with Crippen molar-refractivity contribution in [2.45, 2.75) is 19.4 Å². The number of nitrogen functional groups attached to an aromatic ring is 3. The average Bonchev–Trinajstić information content (AvgIpc) is 3.25. The summed E-state index contributed by atoms with van der Waals surface area (Å²) in [5.74, 6) is 6.34. The van der Waals surface area contributed by atoms with Gasteiger partial charge in [-0.1, -0.05) is 66.7 Å². The maximum Gasteiger partial charge on any atom is 0.165 e. The van der Waals surface area contributed by atoms with E-state index in [9.17, 15) is 0 Å². The molecule has 0 amide bonds. The van der Waals surface area contributed by atoms with Gasteiger partial charge in [0.25, 0.3) is 0 Å². The number of nitrogens with two attached hydrogens (primary N) is 3. The minimum absolute atomic E-state index is 0.386. The zero-order valence-electron chi connectivity index (χ0n) is 18.9. The lowest BCUT2D eigenvalue weighted by molar-refractivity contribution is 0.835. The minimum Gasteiger partial charge on any atom is -0.395 e. The standard InChI is InChI=1S/C28H28N6/c29-26-17-23(27(30)28(32-26)33-31)16-22-10-5-11-25-24(22)12-13-34(25)18-21-9-4-8-20(15-21)14-19-6-2-1-3-7-19/h1-13,15,17H,14,16,18,30-31H2,(H3,29,32,33). The molecule has 6 heteroatoms. The van der Waals surface area contributed by atoms with Crippen LogP contribution in [0.15, 0.2) is 91.1 Å². The van der Waals surface area contributed by atoms with Crippen molar-refractivity contribution in [1.29, 1.82) is 0 Å². The first kappa shape index (κ1) is 21.6. The maximum atomic E-state index is 6.27. The fraction of sp³-hybridized carbons (Fsp3) is 0.107. The van der Waals surface area contributed by atoms with Crippen LogP contribution < -0.4 is 22.7 Å². The van der Waals surface area contributed by atoms with Crippen LogP contribution in [-0.4, -0.2) is 9.55 Å². The number of benzene rings is 3. The summed E-state index contributed by atoms with van der Waals surface area (Å²) in [5.41, 5.74) is 22.4. The van der Waals surface area contributed by atoms with E-state index in [-0.39, 0.29) is 0 Å². The highest BCUT2D eigenvalue weighted by atomic mass is 15.3. The monoisotopic (exact) mass is 448 g/mol. The first-order valence-corrected chi connectivity index (χ1v) is 11.3. The van der Waals surface area contributed by atoms with Gasteiger partial charge in [-0.3, -0.25) is 0 Å². The van der Waals surface area contributed by atoms with Gasteiger partial charge in [0.1, 0.15) is 5.82 Å². The van der Waals surface area contributed by atoms with Crippen molar-refractivity contribution >= 4 is 28.2 Å². The SMILES string of the molecule is NNc1nc(N)cc(Cc2cccc3c2ccn3Cc2cccc(Cc3ccccc3)c2)c1N. The third-order valence-corrected chi connectivity index (χ3v) is 6.18. The molecule has 0 aliphatic carbocycles. The molecule has 0 bridgehead atoms. The number of hydrogen-bond donors (Lipinski definition) is 4. The van der Waals surface area contributed by atoms with Gasteiger partial charge in [0.2, 0.25) is 0 Å². The molecule has 0 unspecified atom stereocenters. The van der Waals surface area contributed by atoms with Crippen LogP contribution >= 0.6 is 0 Å². The van der Waals surface area contributed by atoms with Crippen LogP contribution in [-0.2, 0) is 19.4 Å². The zero-order chi connectivity index (χ0) is 23.5. The Morgan fingerprint density at radius 3 is 2.32 bits per heavy atom. The Morgan fingerprint density at radius 2 is 1.50 bits per heavy atom. The lowest BCUT2D eigenvalue weighted by atomic mass is 10.0. The van der Waals surface area contributed by atoms with Crippen molar-refractivity contribution in [3.8, 4) is 0 Å². The molecule has 2 heterocycles. The zero-order valence-corrected chi connectivity index (χ0v) is 18.9. The van der Waals surface area contributed by atoms with Gasteiger partial charge in [-0.2, -0.15) is 0 Å². The highest BCUT2D eigenvalue weighted by Crippen LogP contribution is 2.29. The van der Waals surface area contributed by atoms with E-state index in [0.29, 0.717) is 23.7 Å². The summed E-state index contributed by atoms with van der Waals surface area (Å²) < 4.78 is 2.29. The molecule has 0 aliphatic heterocycles. The number of nitrogens with one attached hydrogen (secondary N) is 1. The molecule has 5 aromatic rings. The maximum absolute atomic E-state index is 6.27. The quantitative estimate of drug-likeness (QED) is 0.213. The molecule has 0 saturated carbocycles. The number of anilines is 3.